The summed E-state index contributed by atoms with van der Waals surface area (Å²) in [6.45, 7) is 5.66. The Morgan fingerprint density at radius 3 is 2.56 bits per heavy atom. The molecule has 1 atom stereocenters. The summed E-state index contributed by atoms with van der Waals surface area (Å²) < 4.78 is 40.1. The van der Waals surface area contributed by atoms with E-state index in [2.05, 4.69) is 6.92 Å². The molecule has 0 bridgehead atoms. The van der Waals surface area contributed by atoms with E-state index >= 15 is 0 Å². The highest BCUT2D eigenvalue weighted by atomic mass is 35.5. The Morgan fingerprint density at radius 2 is 1.93 bits per heavy atom. The molecular weight excluding hydrogens is 393 g/mol. The van der Waals surface area contributed by atoms with E-state index in [1.54, 1.807) is 0 Å². The first-order chi connectivity index (χ1) is 12.8. The van der Waals surface area contributed by atoms with Crippen molar-refractivity contribution in [1.29, 1.82) is 0 Å². The summed E-state index contributed by atoms with van der Waals surface area (Å²) in [6, 6.07) is 3.42. The Kier molecular flexibility index (Phi) is 6.40. The maximum absolute atomic E-state index is 13.3. The molecule has 1 aromatic carbocycles. The van der Waals surface area contributed by atoms with Gasteiger partial charge in [-0.05, 0) is 37.0 Å². The van der Waals surface area contributed by atoms with E-state index in [0.717, 1.165) is 38.1 Å². The van der Waals surface area contributed by atoms with Crippen LogP contribution in [0.4, 0.5) is 4.39 Å². The van der Waals surface area contributed by atoms with Crippen molar-refractivity contribution in [2.75, 3.05) is 45.8 Å². The number of benzene rings is 1. The van der Waals surface area contributed by atoms with Crippen LogP contribution in [-0.2, 0) is 14.8 Å². The molecule has 6 nitrogen and oxygen atoms in total. The summed E-state index contributed by atoms with van der Waals surface area (Å²) in [4.78, 5) is 16.4. The molecule has 9 heteroatoms. The topological polar surface area (TPSA) is 60.9 Å². The fraction of sp³-hybridized carbons (Fsp3) is 0.611. The van der Waals surface area contributed by atoms with Crippen molar-refractivity contribution >= 4 is 27.5 Å². The predicted molar refractivity (Wildman–Crippen MR) is 102 cm³/mol. The van der Waals surface area contributed by atoms with E-state index in [-0.39, 0.29) is 15.8 Å². The first-order valence-electron chi connectivity index (χ1n) is 9.22. The standard InChI is InChI=1S/C18H25ClFN3O3S/c1-14-3-2-6-22(12-14)18(24)13-21-7-9-23(10-8-21)27(25,26)15-4-5-17(20)16(19)11-15/h4-5,11,14H,2-3,6-10,12-13H2,1H3/t14-/m0/s1. The van der Waals surface area contributed by atoms with Gasteiger partial charge in [-0.25, -0.2) is 12.8 Å². The molecule has 0 aliphatic carbocycles. The van der Waals surface area contributed by atoms with Crippen molar-refractivity contribution in [2.24, 2.45) is 5.92 Å². The van der Waals surface area contributed by atoms with E-state index in [4.69, 9.17) is 11.6 Å². The first-order valence-corrected chi connectivity index (χ1v) is 11.0. The van der Waals surface area contributed by atoms with Gasteiger partial charge in [0.05, 0.1) is 16.5 Å². The first kappa shape index (κ1) is 20.5. The predicted octanol–water partition coefficient (Wildman–Crippen LogP) is 2.04. The van der Waals surface area contributed by atoms with Crippen LogP contribution in [0, 0.1) is 11.7 Å². The highest BCUT2D eigenvalue weighted by molar-refractivity contribution is 7.89. The second-order valence-electron chi connectivity index (χ2n) is 7.34. The van der Waals surface area contributed by atoms with E-state index in [0.29, 0.717) is 38.6 Å². The lowest BCUT2D eigenvalue weighted by atomic mass is 10.0. The van der Waals surface area contributed by atoms with Crippen molar-refractivity contribution in [3.63, 3.8) is 0 Å². The average molecular weight is 418 g/mol. The highest BCUT2D eigenvalue weighted by Crippen LogP contribution is 2.23. The third-order valence-electron chi connectivity index (χ3n) is 5.23. The zero-order chi connectivity index (χ0) is 19.6. The summed E-state index contributed by atoms with van der Waals surface area (Å²) in [7, 11) is -3.72. The Labute approximate surface area is 164 Å². The molecule has 2 heterocycles. The number of nitrogens with zero attached hydrogens (tertiary/aromatic N) is 3. The molecule has 3 rings (SSSR count). The van der Waals surface area contributed by atoms with Gasteiger partial charge in [-0.1, -0.05) is 18.5 Å². The molecule has 1 amide bonds. The number of hydrogen-bond donors (Lipinski definition) is 0. The number of halogens is 2. The van der Waals surface area contributed by atoms with E-state index < -0.39 is 15.8 Å². The second kappa shape index (κ2) is 8.43. The summed E-state index contributed by atoms with van der Waals surface area (Å²) in [5.41, 5.74) is 0. The fourth-order valence-electron chi connectivity index (χ4n) is 3.62. The Hall–Kier alpha value is -1.22. The number of likely N-dealkylation sites (tertiary alicyclic amines) is 1. The number of hydrogen-bond acceptors (Lipinski definition) is 4. The lowest BCUT2D eigenvalue weighted by Gasteiger charge is -2.36. The monoisotopic (exact) mass is 417 g/mol. The van der Waals surface area contributed by atoms with Crippen molar-refractivity contribution < 1.29 is 17.6 Å². The largest absolute Gasteiger partial charge is 0.341 e. The van der Waals surface area contributed by atoms with Gasteiger partial charge in [0.25, 0.3) is 0 Å². The molecule has 2 aliphatic heterocycles. The minimum absolute atomic E-state index is 0.0132. The third kappa shape index (κ3) is 4.80. The van der Waals surface area contributed by atoms with Gasteiger partial charge in [0, 0.05) is 39.3 Å². The molecule has 1 aromatic rings. The van der Waals surface area contributed by atoms with E-state index in [9.17, 15) is 17.6 Å². The van der Waals surface area contributed by atoms with Crippen LogP contribution in [0.15, 0.2) is 23.1 Å². The lowest BCUT2D eigenvalue weighted by Crippen LogP contribution is -2.52. The number of piperazine rings is 1. The van der Waals surface area contributed by atoms with Gasteiger partial charge < -0.3 is 4.90 Å². The zero-order valence-electron chi connectivity index (χ0n) is 15.4. The van der Waals surface area contributed by atoms with Crippen LogP contribution in [0.3, 0.4) is 0 Å². The quantitative estimate of drug-likeness (QED) is 0.752. The zero-order valence-corrected chi connectivity index (χ0v) is 17.0. The van der Waals surface area contributed by atoms with Crippen LogP contribution in [0.2, 0.25) is 5.02 Å². The van der Waals surface area contributed by atoms with Crippen molar-refractivity contribution in [2.45, 2.75) is 24.7 Å². The van der Waals surface area contributed by atoms with E-state index in [1.165, 1.54) is 10.4 Å². The minimum atomic E-state index is -3.72. The van der Waals surface area contributed by atoms with Gasteiger partial charge in [0.15, 0.2) is 0 Å². The molecule has 0 radical (unpaired) electrons. The third-order valence-corrected chi connectivity index (χ3v) is 7.41. The number of piperidine rings is 1. The van der Waals surface area contributed by atoms with Crippen LogP contribution < -0.4 is 0 Å². The summed E-state index contributed by atoms with van der Waals surface area (Å²) in [5.74, 6) is 0.00127. The molecule has 2 saturated heterocycles. The number of carbonyl (C=O) groups is 1. The van der Waals surface area contributed by atoms with Gasteiger partial charge in [-0.3, -0.25) is 9.69 Å². The fourth-order valence-corrected chi connectivity index (χ4v) is 5.32. The van der Waals surface area contributed by atoms with Crippen molar-refractivity contribution in [3.8, 4) is 0 Å². The highest BCUT2D eigenvalue weighted by Gasteiger charge is 2.30. The van der Waals surface area contributed by atoms with Gasteiger partial charge in [-0.2, -0.15) is 4.31 Å². The number of rotatable bonds is 4. The van der Waals surface area contributed by atoms with E-state index in [1.807, 2.05) is 9.80 Å². The van der Waals surface area contributed by atoms with Gasteiger partial charge in [0.2, 0.25) is 15.9 Å². The lowest BCUT2D eigenvalue weighted by molar-refractivity contribution is -0.134. The molecule has 0 spiro atoms. The van der Waals surface area contributed by atoms with Crippen LogP contribution >= 0.6 is 11.6 Å². The summed E-state index contributed by atoms with van der Waals surface area (Å²) in [5, 5.41) is -0.212. The maximum atomic E-state index is 13.3. The summed E-state index contributed by atoms with van der Waals surface area (Å²) in [6.07, 6.45) is 2.20. The molecule has 150 valence electrons. The second-order valence-corrected chi connectivity index (χ2v) is 9.69. The van der Waals surface area contributed by atoms with Crippen LogP contribution in [0.1, 0.15) is 19.8 Å². The molecule has 0 aromatic heterocycles. The van der Waals surface area contributed by atoms with Crippen molar-refractivity contribution in [3.05, 3.63) is 29.0 Å². The molecule has 2 aliphatic rings. The Bertz CT molecular complexity index is 797. The minimum Gasteiger partial charge on any atom is -0.341 e. The molecule has 0 N–H and O–H groups in total. The number of carbonyl (C=O) groups excluding carboxylic acids is 1. The normalized spacial score (nSPS) is 22.8. The smallest absolute Gasteiger partial charge is 0.243 e. The van der Waals surface area contributed by atoms with Crippen molar-refractivity contribution in [1.82, 2.24) is 14.1 Å². The maximum Gasteiger partial charge on any atom is 0.243 e. The van der Waals surface area contributed by atoms with Crippen LogP contribution in [0.25, 0.3) is 0 Å². The number of amides is 1. The average Bonchev–Trinajstić information content (AvgIpc) is 2.64. The molecule has 2 fully saturated rings. The molecular formula is C18H25ClFN3O3S. The Morgan fingerprint density at radius 1 is 1.22 bits per heavy atom. The van der Waals surface area contributed by atoms with Gasteiger partial charge in [-0.15, -0.1) is 0 Å². The summed E-state index contributed by atoms with van der Waals surface area (Å²) >= 11 is 5.71. The van der Waals surface area contributed by atoms with Crippen LogP contribution in [0.5, 0.6) is 0 Å². The SMILES string of the molecule is C[C@H]1CCCN(C(=O)CN2CCN(S(=O)(=O)c3ccc(F)c(Cl)c3)CC2)C1. The van der Waals surface area contributed by atoms with Gasteiger partial charge >= 0.3 is 0 Å². The number of sulfonamides is 1. The molecule has 0 unspecified atom stereocenters. The molecule has 0 saturated carbocycles. The van der Waals surface area contributed by atoms with Crippen LogP contribution in [-0.4, -0.2) is 74.2 Å². The molecule has 27 heavy (non-hydrogen) atoms. The Balaban J connectivity index is 1.56. The van der Waals surface area contributed by atoms with Gasteiger partial charge in [0.1, 0.15) is 5.82 Å².